The molecule has 0 amide bonds. The number of hydrogen-bond acceptors (Lipinski definition) is 3. The summed E-state index contributed by atoms with van der Waals surface area (Å²) in [4.78, 5) is 3.94. The third-order valence-corrected chi connectivity index (χ3v) is 2.72. The lowest BCUT2D eigenvalue weighted by Crippen LogP contribution is -2.00. The van der Waals surface area contributed by atoms with Crippen LogP contribution in [-0.2, 0) is 6.54 Å². The zero-order valence-corrected chi connectivity index (χ0v) is 11.2. The maximum Gasteiger partial charge on any atom is 0.131 e. The first kappa shape index (κ1) is 13.4. The van der Waals surface area contributed by atoms with Crippen molar-refractivity contribution in [1.29, 1.82) is 0 Å². The van der Waals surface area contributed by atoms with Crippen LogP contribution in [0.4, 0.5) is 5.69 Å². The second-order valence-electron chi connectivity index (χ2n) is 3.96. The van der Waals surface area contributed by atoms with Gasteiger partial charge in [-0.3, -0.25) is 0 Å². The quantitative estimate of drug-likeness (QED) is 0.640. The Kier molecular flexibility index (Phi) is 4.81. The molecule has 0 radical (unpaired) electrons. The highest BCUT2D eigenvalue weighted by Crippen LogP contribution is 2.15. The molecule has 2 rings (SSSR count). The topological polar surface area (TPSA) is 34.1 Å². The summed E-state index contributed by atoms with van der Waals surface area (Å²) >= 11 is 5.82. The van der Waals surface area contributed by atoms with Crippen molar-refractivity contribution in [2.24, 2.45) is 0 Å². The van der Waals surface area contributed by atoms with E-state index in [0.717, 1.165) is 18.0 Å². The standard InChI is InChI=1S/C15H15ClN2O/c1-2-9-19-14-5-3-12(4-6-14)11-18-13-7-8-17-15(16)10-13/h2-8,10H,1,9,11H2,(H,17,18). The van der Waals surface area contributed by atoms with Gasteiger partial charge in [-0.2, -0.15) is 0 Å². The minimum Gasteiger partial charge on any atom is -0.490 e. The van der Waals surface area contributed by atoms with Crippen LogP contribution in [-0.4, -0.2) is 11.6 Å². The number of pyridine rings is 1. The molecule has 2 aromatic rings. The van der Waals surface area contributed by atoms with Crippen LogP contribution in [0.2, 0.25) is 5.15 Å². The Balaban J connectivity index is 1.91. The minimum atomic E-state index is 0.484. The second kappa shape index (κ2) is 6.81. The summed E-state index contributed by atoms with van der Waals surface area (Å²) in [7, 11) is 0. The summed E-state index contributed by atoms with van der Waals surface area (Å²) in [6.45, 7) is 4.86. The molecule has 0 saturated carbocycles. The number of nitrogens with one attached hydrogen (secondary N) is 1. The average molecular weight is 275 g/mol. The smallest absolute Gasteiger partial charge is 0.131 e. The fourth-order valence-electron chi connectivity index (χ4n) is 1.58. The predicted octanol–water partition coefficient (Wildman–Crippen LogP) is 3.91. The Morgan fingerprint density at radius 2 is 2.05 bits per heavy atom. The summed E-state index contributed by atoms with van der Waals surface area (Å²) in [5, 5.41) is 3.77. The first-order valence-electron chi connectivity index (χ1n) is 5.96. The normalized spacial score (nSPS) is 9.95. The van der Waals surface area contributed by atoms with Crippen molar-refractivity contribution >= 4 is 17.3 Å². The lowest BCUT2D eigenvalue weighted by atomic mass is 10.2. The molecule has 0 spiro atoms. The molecule has 0 bridgehead atoms. The van der Waals surface area contributed by atoms with Crippen molar-refractivity contribution in [3.63, 3.8) is 0 Å². The Morgan fingerprint density at radius 3 is 2.74 bits per heavy atom. The van der Waals surface area contributed by atoms with Gasteiger partial charge in [0, 0.05) is 18.4 Å². The Labute approximate surface area is 117 Å². The number of aromatic nitrogens is 1. The van der Waals surface area contributed by atoms with Crippen LogP contribution in [0.3, 0.4) is 0 Å². The van der Waals surface area contributed by atoms with Crippen LogP contribution in [0.25, 0.3) is 0 Å². The molecular weight excluding hydrogens is 260 g/mol. The second-order valence-corrected chi connectivity index (χ2v) is 4.35. The SMILES string of the molecule is C=CCOc1ccc(CNc2ccnc(Cl)c2)cc1. The lowest BCUT2D eigenvalue weighted by molar-refractivity contribution is 0.363. The van der Waals surface area contributed by atoms with E-state index in [1.54, 1.807) is 18.3 Å². The fraction of sp³-hybridized carbons (Fsp3) is 0.133. The highest BCUT2D eigenvalue weighted by Gasteiger charge is 1.97. The number of benzene rings is 1. The number of hydrogen-bond donors (Lipinski definition) is 1. The van der Waals surface area contributed by atoms with Crippen LogP contribution in [0, 0.1) is 0 Å². The van der Waals surface area contributed by atoms with E-state index in [4.69, 9.17) is 16.3 Å². The van der Waals surface area contributed by atoms with Gasteiger partial charge in [0.1, 0.15) is 17.5 Å². The van der Waals surface area contributed by atoms with Crippen molar-refractivity contribution < 1.29 is 4.74 Å². The van der Waals surface area contributed by atoms with Gasteiger partial charge in [0.15, 0.2) is 0 Å². The van der Waals surface area contributed by atoms with Gasteiger partial charge in [0.05, 0.1) is 0 Å². The molecule has 1 aromatic carbocycles. The van der Waals surface area contributed by atoms with Gasteiger partial charge >= 0.3 is 0 Å². The number of ether oxygens (including phenoxy) is 1. The highest BCUT2D eigenvalue weighted by molar-refractivity contribution is 6.29. The molecular formula is C15H15ClN2O. The molecule has 1 heterocycles. The molecule has 0 fully saturated rings. The first-order valence-corrected chi connectivity index (χ1v) is 6.34. The number of anilines is 1. The minimum absolute atomic E-state index is 0.484. The van der Waals surface area contributed by atoms with Crippen LogP contribution in [0.1, 0.15) is 5.56 Å². The van der Waals surface area contributed by atoms with Crippen molar-refractivity contribution in [2.45, 2.75) is 6.54 Å². The van der Waals surface area contributed by atoms with E-state index in [1.165, 1.54) is 5.56 Å². The van der Waals surface area contributed by atoms with Gasteiger partial charge in [0.2, 0.25) is 0 Å². The Hall–Kier alpha value is -2.00. The van der Waals surface area contributed by atoms with Gasteiger partial charge in [-0.05, 0) is 29.8 Å². The molecule has 1 N–H and O–H groups in total. The average Bonchev–Trinajstić information content (AvgIpc) is 2.44. The maximum absolute atomic E-state index is 5.82. The monoisotopic (exact) mass is 274 g/mol. The number of rotatable bonds is 6. The fourth-order valence-corrected chi connectivity index (χ4v) is 1.75. The van der Waals surface area contributed by atoms with Crippen molar-refractivity contribution in [3.8, 4) is 5.75 Å². The zero-order valence-electron chi connectivity index (χ0n) is 10.5. The zero-order chi connectivity index (χ0) is 13.5. The molecule has 4 heteroatoms. The van der Waals surface area contributed by atoms with E-state index >= 15 is 0 Å². The number of halogens is 1. The maximum atomic E-state index is 5.82. The van der Waals surface area contributed by atoms with E-state index in [-0.39, 0.29) is 0 Å². The molecule has 98 valence electrons. The highest BCUT2D eigenvalue weighted by atomic mass is 35.5. The van der Waals surface area contributed by atoms with Gasteiger partial charge in [0.25, 0.3) is 0 Å². The summed E-state index contributed by atoms with van der Waals surface area (Å²) in [6.07, 6.45) is 3.40. The summed E-state index contributed by atoms with van der Waals surface area (Å²) in [5.41, 5.74) is 2.12. The van der Waals surface area contributed by atoms with E-state index in [1.807, 2.05) is 30.3 Å². The molecule has 0 saturated heterocycles. The molecule has 0 aliphatic rings. The van der Waals surface area contributed by atoms with Crippen LogP contribution in [0.5, 0.6) is 5.75 Å². The van der Waals surface area contributed by atoms with Crippen LogP contribution < -0.4 is 10.1 Å². The van der Waals surface area contributed by atoms with E-state index in [0.29, 0.717) is 11.8 Å². The van der Waals surface area contributed by atoms with Gasteiger partial charge in [-0.25, -0.2) is 4.98 Å². The third-order valence-electron chi connectivity index (χ3n) is 2.51. The molecule has 0 aliphatic heterocycles. The van der Waals surface area contributed by atoms with Crippen molar-refractivity contribution in [1.82, 2.24) is 4.98 Å². The summed E-state index contributed by atoms with van der Waals surface area (Å²) in [5.74, 6) is 0.843. The van der Waals surface area contributed by atoms with Gasteiger partial charge in [-0.1, -0.05) is 36.4 Å². The first-order chi connectivity index (χ1) is 9.28. The molecule has 0 atom stereocenters. The van der Waals surface area contributed by atoms with Crippen LogP contribution >= 0.6 is 11.6 Å². The van der Waals surface area contributed by atoms with E-state index < -0.39 is 0 Å². The molecule has 0 aliphatic carbocycles. The van der Waals surface area contributed by atoms with Crippen LogP contribution in [0.15, 0.2) is 55.3 Å². The van der Waals surface area contributed by atoms with Crippen molar-refractivity contribution in [2.75, 3.05) is 11.9 Å². The van der Waals surface area contributed by atoms with E-state index in [9.17, 15) is 0 Å². The van der Waals surface area contributed by atoms with Crippen molar-refractivity contribution in [3.05, 3.63) is 66.0 Å². The molecule has 1 aromatic heterocycles. The number of nitrogens with zero attached hydrogens (tertiary/aromatic N) is 1. The van der Waals surface area contributed by atoms with Gasteiger partial charge < -0.3 is 10.1 Å². The molecule has 3 nitrogen and oxygen atoms in total. The van der Waals surface area contributed by atoms with Gasteiger partial charge in [-0.15, -0.1) is 0 Å². The molecule has 19 heavy (non-hydrogen) atoms. The molecule has 0 unspecified atom stereocenters. The summed E-state index contributed by atoms with van der Waals surface area (Å²) < 4.78 is 5.42. The largest absolute Gasteiger partial charge is 0.490 e. The predicted molar refractivity (Wildman–Crippen MR) is 78.7 cm³/mol. The van der Waals surface area contributed by atoms with E-state index in [2.05, 4.69) is 16.9 Å². The Bertz CT molecular complexity index is 540. The third kappa shape index (κ3) is 4.30. The summed E-state index contributed by atoms with van der Waals surface area (Å²) in [6, 6.07) is 11.6. The Morgan fingerprint density at radius 1 is 1.26 bits per heavy atom. The lowest BCUT2D eigenvalue weighted by Gasteiger charge is -2.08.